The maximum absolute atomic E-state index is 12.4. The van der Waals surface area contributed by atoms with Crippen LogP contribution in [-0.2, 0) is 0 Å². The summed E-state index contributed by atoms with van der Waals surface area (Å²) in [7, 11) is 0. The van der Waals surface area contributed by atoms with Crippen molar-refractivity contribution >= 4 is 5.91 Å². The second-order valence-electron chi connectivity index (χ2n) is 7.85. The highest BCUT2D eigenvalue weighted by Crippen LogP contribution is 2.27. The summed E-state index contributed by atoms with van der Waals surface area (Å²) in [4.78, 5) is 15.1. The first-order valence-electron chi connectivity index (χ1n) is 10.5. The minimum atomic E-state index is 0.0309. The number of hydrogen-bond acceptors (Lipinski definition) is 3. The minimum Gasteiger partial charge on any atom is -0.494 e. The van der Waals surface area contributed by atoms with E-state index in [-0.39, 0.29) is 5.91 Å². The van der Waals surface area contributed by atoms with Crippen LogP contribution in [0.15, 0.2) is 24.3 Å². The highest BCUT2D eigenvalue weighted by atomic mass is 16.5. The van der Waals surface area contributed by atoms with Gasteiger partial charge in [-0.2, -0.15) is 0 Å². The van der Waals surface area contributed by atoms with Crippen molar-refractivity contribution in [3.8, 4) is 5.75 Å². The number of likely N-dealkylation sites (tertiary alicyclic amines) is 1. The SMILES string of the molecule is CCCCOc1ccc(C(=O)NCC2CCN(C3CCCC3)CC2)cc1. The fraction of sp³-hybridized carbons (Fsp3) is 0.682. The van der Waals surface area contributed by atoms with Gasteiger partial charge in [0.25, 0.3) is 5.91 Å². The number of nitrogens with zero attached hydrogens (tertiary/aromatic N) is 1. The van der Waals surface area contributed by atoms with Crippen molar-refractivity contribution in [2.45, 2.75) is 64.3 Å². The van der Waals surface area contributed by atoms with Crippen LogP contribution in [0.5, 0.6) is 5.75 Å². The summed E-state index contributed by atoms with van der Waals surface area (Å²) in [6, 6.07) is 8.34. The lowest BCUT2D eigenvalue weighted by Crippen LogP contribution is -2.42. The molecular formula is C22H34N2O2. The monoisotopic (exact) mass is 358 g/mol. The number of rotatable bonds is 8. The van der Waals surface area contributed by atoms with Gasteiger partial charge in [0.2, 0.25) is 0 Å². The van der Waals surface area contributed by atoms with E-state index in [1.165, 1.54) is 51.6 Å². The Hall–Kier alpha value is -1.55. The van der Waals surface area contributed by atoms with E-state index < -0.39 is 0 Å². The predicted octanol–water partition coefficient (Wildman–Crippen LogP) is 4.25. The first kappa shape index (κ1) is 19.2. The van der Waals surface area contributed by atoms with Crippen molar-refractivity contribution in [2.75, 3.05) is 26.2 Å². The third kappa shape index (κ3) is 5.47. The molecule has 1 saturated carbocycles. The number of unbranched alkanes of at least 4 members (excludes halogenated alkanes) is 1. The maximum atomic E-state index is 12.4. The van der Waals surface area contributed by atoms with Crippen LogP contribution in [0.2, 0.25) is 0 Å². The fourth-order valence-corrected chi connectivity index (χ4v) is 4.17. The van der Waals surface area contributed by atoms with Crippen molar-refractivity contribution in [1.29, 1.82) is 0 Å². The van der Waals surface area contributed by atoms with Crippen LogP contribution in [0, 0.1) is 5.92 Å². The van der Waals surface area contributed by atoms with Crippen LogP contribution in [0.3, 0.4) is 0 Å². The number of benzene rings is 1. The molecular weight excluding hydrogens is 324 g/mol. The molecule has 0 aromatic heterocycles. The van der Waals surface area contributed by atoms with Gasteiger partial charge in [0.15, 0.2) is 0 Å². The van der Waals surface area contributed by atoms with Gasteiger partial charge in [-0.1, -0.05) is 26.2 Å². The summed E-state index contributed by atoms with van der Waals surface area (Å²) in [5.41, 5.74) is 0.719. The van der Waals surface area contributed by atoms with E-state index in [4.69, 9.17) is 4.74 Å². The molecule has 1 aliphatic carbocycles. The summed E-state index contributed by atoms with van der Waals surface area (Å²) >= 11 is 0. The van der Waals surface area contributed by atoms with Crippen molar-refractivity contribution in [2.24, 2.45) is 5.92 Å². The van der Waals surface area contributed by atoms with E-state index >= 15 is 0 Å². The largest absolute Gasteiger partial charge is 0.494 e. The van der Waals surface area contributed by atoms with Gasteiger partial charge in [0.05, 0.1) is 6.61 Å². The summed E-state index contributed by atoms with van der Waals surface area (Å²) in [6.45, 7) is 6.09. The Balaban J connectivity index is 1.37. The second kappa shape index (κ2) is 9.96. The van der Waals surface area contributed by atoms with Crippen LogP contribution in [0.1, 0.15) is 68.6 Å². The van der Waals surface area contributed by atoms with Crippen LogP contribution >= 0.6 is 0 Å². The van der Waals surface area contributed by atoms with Gasteiger partial charge in [0.1, 0.15) is 5.75 Å². The van der Waals surface area contributed by atoms with Crippen LogP contribution < -0.4 is 10.1 Å². The smallest absolute Gasteiger partial charge is 0.251 e. The van der Waals surface area contributed by atoms with Gasteiger partial charge in [-0.05, 0) is 75.4 Å². The topological polar surface area (TPSA) is 41.6 Å². The Morgan fingerprint density at radius 1 is 1.12 bits per heavy atom. The molecule has 0 spiro atoms. The molecule has 1 heterocycles. The second-order valence-corrected chi connectivity index (χ2v) is 7.85. The molecule has 2 fully saturated rings. The normalized spacial score (nSPS) is 19.6. The van der Waals surface area contributed by atoms with Gasteiger partial charge in [0, 0.05) is 18.2 Å². The minimum absolute atomic E-state index is 0.0309. The van der Waals surface area contributed by atoms with Crippen molar-refractivity contribution < 1.29 is 9.53 Å². The molecule has 1 aromatic carbocycles. The molecule has 0 radical (unpaired) electrons. The van der Waals surface area contributed by atoms with Gasteiger partial charge >= 0.3 is 0 Å². The Bertz CT molecular complexity index is 544. The van der Waals surface area contributed by atoms with Crippen LogP contribution in [0.25, 0.3) is 0 Å². The average molecular weight is 359 g/mol. The van der Waals surface area contributed by atoms with E-state index in [1.54, 1.807) is 0 Å². The molecule has 4 nitrogen and oxygen atoms in total. The van der Waals surface area contributed by atoms with Gasteiger partial charge in [-0.3, -0.25) is 4.79 Å². The number of piperidine rings is 1. The van der Waals surface area contributed by atoms with Crippen LogP contribution in [0.4, 0.5) is 0 Å². The third-order valence-corrected chi connectivity index (χ3v) is 5.92. The summed E-state index contributed by atoms with van der Waals surface area (Å²) in [6.07, 6.45) is 10.2. The quantitative estimate of drug-likeness (QED) is 0.706. The fourth-order valence-electron chi connectivity index (χ4n) is 4.17. The molecule has 1 aliphatic heterocycles. The summed E-state index contributed by atoms with van der Waals surface area (Å²) in [5.74, 6) is 1.49. The molecule has 0 atom stereocenters. The third-order valence-electron chi connectivity index (χ3n) is 5.92. The number of carbonyl (C=O) groups is 1. The van der Waals surface area contributed by atoms with Gasteiger partial charge < -0.3 is 15.0 Å². The highest BCUT2D eigenvalue weighted by Gasteiger charge is 2.27. The zero-order valence-electron chi connectivity index (χ0n) is 16.2. The molecule has 1 saturated heterocycles. The molecule has 3 rings (SSSR count). The lowest BCUT2D eigenvalue weighted by molar-refractivity contribution is 0.0924. The predicted molar refractivity (Wildman–Crippen MR) is 106 cm³/mol. The van der Waals surface area contributed by atoms with E-state index in [1.807, 2.05) is 24.3 Å². The number of amides is 1. The summed E-state index contributed by atoms with van der Waals surface area (Å²) in [5, 5.41) is 3.13. The van der Waals surface area contributed by atoms with E-state index in [0.717, 1.165) is 43.3 Å². The molecule has 1 amide bonds. The van der Waals surface area contributed by atoms with Crippen molar-refractivity contribution in [1.82, 2.24) is 10.2 Å². The molecule has 0 bridgehead atoms. The Morgan fingerprint density at radius 2 is 1.81 bits per heavy atom. The van der Waals surface area contributed by atoms with Crippen LogP contribution in [-0.4, -0.2) is 43.1 Å². The molecule has 144 valence electrons. The zero-order valence-corrected chi connectivity index (χ0v) is 16.2. The molecule has 1 aromatic rings. The van der Waals surface area contributed by atoms with E-state index in [0.29, 0.717) is 5.92 Å². The average Bonchev–Trinajstić information content (AvgIpc) is 3.22. The highest BCUT2D eigenvalue weighted by molar-refractivity contribution is 5.94. The van der Waals surface area contributed by atoms with Gasteiger partial charge in [-0.15, -0.1) is 0 Å². The molecule has 1 N–H and O–H groups in total. The molecule has 4 heteroatoms. The first-order valence-corrected chi connectivity index (χ1v) is 10.5. The lowest BCUT2D eigenvalue weighted by atomic mass is 9.95. The number of hydrogen-bond donors (Lipinski definition) is 1. The van der Waals surface area contributed by atoms with E-state index in [2.05, 4.69) is 17.1 Å². The Labute approximate surface area is 158 Å². The maximum Gasteiger partial charge on any atom is 0.251 e. The molecule has 0 unspecified atom stereocenters. The Kier molecular flexibility index (Phi) is 7.36. The zero-order chi connectivity index (χ0) is 18.2. The van der Waals surface area contributed by atoms with Crippen molar-refractivity contribution in [3.05, 3.63) is 29.8 Å². The standard InChI is InChI=1S/C22H34N2O2/c1-2-3-16-26-21-10-8-19(9-11-21)22(25)23-17-18-12-14-24(15-13-18)20-6-4-5-7-20/h8-11,18,20H,2-7,12-17H2,1H3,(H,23,25). The van der Waals surface area contributed by atoms with Crippen molar-refractivity contribution in [3.63, 3.8) is 0 Å². The number of nitrogens with one attached hydrogen (secondary N) is 1. The van der Waals surface area contributed by atoms with E-state index in [9.17, 15) is 4.79 Å². The summed E-state index contributed by atoms with van der Waals surface area (Å²) < 4.78 is 5.65. The molecule has 26 heavy (non-hydrogen) atoms. The molecule has 2 aliphatic rings. The van der Waals surface area contributed by atoms with Gasteiger partial charge in [-0.25, -0.2) is 0 Å². The Morgan fingerprint density at radius 3 is 2.46 bits per heavy atom. The number of carbonyl (C=O) groups excluding carboxylic acids is 1. The first-order chi connectivity index (χ1) is 12.8. The lowest BCUT2D eigenvalue weighted by Gasteiger charge is -2.36. The number of ether oxygens (including phenoxy) is 1.